The van der Waals surface area contributed by atoms with E-state index in [2.05, 4.69) is 30.8 Å². The normalized spacial score (nSPS) is 16.0. The van der Waals surface area contributed by atoms with Crippen LogP contribution in [0.1, 0.15) is 55.8 Å². The van der Waals surface area contributed by atoms with Crippen molar-refractivity contribution in [3.05, 3.63) is 59.9 Å². The molecule has 2 unspecified atom stereocenters. The first kappa shape index (κ1) is 28.1. The van der Waals surface area contributed by atoms with Crippen molar-refractivity contribution in [2.24, 2.45) is 13.0 Å². The first-order valence-corrected chi connectivity index (χ1v) is 13.8. The molecule has 1 aromatic carbocycles. The summed E-state index contributed by atoms with van der Waals surface area (Å²) in [4.78, 5) is 33.6. The summed E-state index contributed by atoms with van der Waals surface area (Å²) < 4.78 is 7.07. The van der Waals surface area contributed by atoms with Crippen LogP contribution >= 0.6 is 0 Å². The van der Waals surface area contributed by atoms with E-state index in [4.69, 9.17) is 4.74 Å². The average molecular weight is 558 g/mol. The van der Waals surface area contributed by atoms with E-state index in [1.165, 1.54) is 4.80 Å². The number of tetrazole rings is 1. The second-order valence-corrected chi connectivity index (χ2v) is 10.6. The number of aryl methyl sites for hydroxylation is 2. The predicted octanol–water partition coefficient (Wildman–Crippen LogP) is 3.56. The maximum atomic E-state index is 13.9. The number of ether oxygens (including phenoxy) is 1. The Labute approximate surface area is 238 Å². The van der Waals surface area contributed by atoms with Crippen LogP contribution < -0.4 is 10.2 Å². The highest BCUT2D eigenvalue weighted by Gasteiger charge is 2.30. The average Bonchev–Trinajstić information content (AvgIpc) is 3.61. The minimum Gasteiger partial charge on any atom is -0.438 e. The molecule has 1 amide bonds. The van der Waals surface area contributed by atoms with Crippen LogP contribution in [0, 0.1) is 12.8 Å². The zero-order valence-corrected chi connectivity index (χ0v) is 24.0. The van der Waals surface area contributed by atoms with Gasteiger partial charge in [-0.1, -0.05) is 32.0 Å². The van der Waals surface area contributed by atoms with Crippen molar-refractivity contribution in [1.82, 2.24) is 40.3 Å². The van der Waals surface area contributed by atoms with Crippen molar-refractivity contribution in [1.29, 1.82) is 0 Å². The Morgan fingerprint density at radius 1 is 1.15 bits per heavy atom. The zero-order chi connectivity index (χ0) is 29.1. The third-order valence-corrected chi connectivity index (χ3v) is 7.17. The minimum atomic E-state index is -0.710. The van der Waals surface area contributed by atoms with Crippen molar-refractivity contribution in [2.75, 3.05) is 18.0 Å². The number of carbonyl (C=O) groups excluding carboxylic acids is 2. The number of hydrogen-bond acceptors (Lipinski definition) is 9. The molecule has 0 radical (unpaired) electrons. The van der Waals surface area contributed by atoms with Gasteiger partial charge in [-0.2, -0.15) is 5.10 Å². The maximum Gasteiger partial charge on any atom is 0.310 e. The van der Waals surface area contributed by atoms with Crippen LogP contribution in [0.15, 0.2) is 48.8 Å². The van der Waals surface area contributed by atoms with E-state index < -0.39 is 6.23 Å². The van der Waals surface area contributed by atoms with Gasteiger partial charge in [0.2, 0.25) is 12.1 Å². The van der Waals surface area contributed by atoms with Gasteiger partial charge in [0.05, 0.1) is 18.2 Å². The molecular weight excluding hydrogens is 522 g/mol. The third-order valence-electron chi connectivity index (χ3n) is 7.17. The van der Waals surface area contributed by atoms with Crippen LogP contribution in [0.5, 0.6) is 0 Å². The van der Waals surface area contributed by atoms with Gasteiger partial charge >= 0.3 is 5.97 Å². The molecule has 2 atom stereocenters. The van der Waals surface area contributed by atoms with Crippen LogP contribution in [0.2, 0.25) is 0 Å². The molecule has 0 saturated carbocycles. The van der Waals surface area contributed by atoms with Gasteiger partial charge in [-0.05, 0) is 67.8 Å². The van der Waals surface area contributed by atoms with Gasteiger partial charge in [-0.15, -0.1) is 15.0 Å². The summed E-state index contributed by atoms with van der Waals surface area (Å²) in [6.45, 7) is 8.87. The summed E-state index contributed by atoms with van der Waals surface area (Å²) in [7, 11) is 1.80. The van der Waals surface area contributed by atoms with E-state index in [0.29, 0.717) is 22.9 Å². The van der Waals surface area contributed by atoms with Crippen LogP contribution in [-0.4, -0.2) is 66.0 Å². The molecule has 1 N–H and O–H groups in total. The van der Waals surface area contributed by atoms with Gasteiger partial charge in [0.1, 0.15) is 11.5 Å². The Morgan fingerprint density at radius 3 is 2.61 bits per heavy atom. The first-order valence-electron chi connectivity index (χ1n) is 13.8. The third kappa shape index (κ3) is 5.87. The fourth-order valence-electron chi connectivity index (χ4n) is 4.89. The van der Waals surface area contributed by atoms with Crippen LogP contribution in [-0.2, 0) is 16.6 Å². The summed E-state index contributed by atoms with van der Waals surface area (Å²) in [6, 6.07) is 11.3. The highest BCUT2D eigenvalue weighted by atomic mass is 16.6. The van der Waals surface area contributed by atoms with E-state index in [-0.39, 0.29) is 23.8 Å². The summed E-state index contributed by atoms with van der Waals surface area (Å²) in [5.41, 5.74) is 3.81. The van der Waals surface area contributed by atoms with E-state index in [1.54, 1.807) is 44.9 Å². The number of nitrogens with zero attached hydrogens (tertiary/aromatic N) is 8. The number of nitrogens with one attached hydrogen (secondary N) is 1. The van der Waals surface area contributed by atoms with Crippen molar-refractivity contribution < 1.29 is 14.3 Å². The molecule has 1 aliphatic heterocycles. The molecule has 4 heterocycles. The van der Waals surface area contributed by atoms with Crippen LogP contribution in [0.4, 0.5) is 5.82 Å². The molecule has 4 aromatic rings. The number of pyridine rings is 1. The molecule has 5 rings (SSSR count). The summed E-state index contributed by atoms with van der Waals surface area (Å²) >= 11 is 0. The second-order valence-electron chi connectivity index (χ2n) is 10.6. The number of benzene rings is 1. The molecule has 1 fully saturated rings. The molecule has 3 aromatic heterocycles. The molecule has 0 spiro atoms. The topological polar surface area (TPSA) is 133 Å². The number of aromatic nitrogens is 7. The van der Waals surface area contributed by atoms with E-state index >= 15 is 0 Å². The van der Waals surface area contributed by atoms with Crippen molar-refractivity contribution in [3.8, 4) is 22.6 Å². The first-order chi connectivity index (χ1) is 19.7. The number of amides is 1. The lowest BCUT2D eigenvalue weighted by molar-refractivity contribution is -0.158. The lowest BCUT2D eigenvalue weighted by Crippen LogP contribution is -2.49. The van der Waals surface area contributed by atoms with E-state index in [9.17, 15) is 9.59 Å². The van der Waals surface area contributed by atoms with Gasteiger partial charge in [-0.3, -0.25) is 19.2 Å². The quantitative estimate of drug-likeness (QED) is 0.323. The number of esters is 1. The minimum absolute atomic E-state index is 0.0188. The smallest absolute Gasteiger partial charge is 0.310 e. The Balaban J connectivity index is 1.41. The van der Waals surface area contributed by atoms with Gasteiger partial charge in [-0.25, -0.2) is 4.98 Å². The van der Waals surface area contributed by atoms with Crippen LogP contribution in [0.3, 0.4) is 0 Å². The Kier molecular flexibility index (Phi) is 8.20. The van der Waals surface area contributed by atoms with Crippen LogP contribution in [0.25, 0.3) is 22.6 Å². The van der Waals surface area contributed by atoms with Gasteiger partial charge in [0, 0.05) is 30.9 Å². The second kappa shape index (κ2) is 12.0. The summed E-state index contributed by atoms with van der Waals surface area (Å²) in [5, 5.41) is 20.6. The van der Waals surface area contributed by atoms with E-state index in [1.807, 2.05) is 48.2 Å². The fraction of sp³-hybridized carbons (Fsp3) is 0.414. The fourth-order valence-corrected chi connectivity index (χ4v) is 4.89. The molecule has 12 heteroatoms. The van der Waals surface area contributed by atoms with E-state index in [0.717, 1.165) is 42.6 Å². The Morgan fingerprint density at radius 2 is 1.93 bits per heavy atom. The maximum absolute atomic E-state index is 13.9. The Hall–Kier alpha value is -4.45. The lowest BCUT2D eigenvalue weighted by Gasteiger charge is -2.34. The SMILES string of the molecule is Cc1cccnc1N(C(=O)c1ccc(-c2cnn(C)c2-c2nnn(C(C)OC(=O)C(C)C)n2)cc1)C1CCCNC1. The highest BCUT2D eigenvalue weighted by molar-refractivity contribution is 6.06. The predicted molar refractivity (Wildman–Crippen MR) is 153 cm³/mol. The highest BCUT2D eigenvalue weighted by Crippen LogP contribution is 2.31. The van der Waals surface area contributed by atoms with Gasteiger partial charge in [0.25, 0.3) is 5.91 Å². The number of carbonyl (C=O) groups is 2. The lowest BCUT2D eigenvalue weighted by atomic mass is 10.0. The van der Waals surface area contributed by atoms with Gasteiger partial charge < -0.3 is 10.1 Å². The molecule has 12 nitrogen and oxygen atoms in total. The molecule has 0 bridgehead atoms. The molecule has 0 aliphatic carbocycles. The van der Waals surface area contributed by atoms with Crippen molar-refractivity contribution >= 4 is 17.7 Å². The molecule has 214 valence electrons. The van der Waals surface area contributed by atoms with Crippen molar-refractivity contribution in [2.45, 2.75) is 52.8 Å². The molecule has 1 aliphatic rings. The monoisotopic (exact) mass is 557 g/mol. The number of anilines is 1. The standard InChI is InChI=1S/C29H35N9O3/c1-18(2)29(40)41-20(4)38-34-26(33-35-38)25-24(17-32-36(25)5)21-10-12-22(13-11-21)28(39)37(23-9-7-14-30-16-23)27-19(3)8-6-15-31-27/h6,8,10-13,15,17-18,20,23,30H,7,9,14,16H2,1-5H3. The summed E-state index contributed by atoms with van der Waals surface area (Å²) in [6.07, 6.45) is 4.66. The zero-order valence-electron chi connectivity index (χ0n) is 24.0. The number of piperidine rings is 1. The van der Waals surface area contributed by atoms with Gasteiger partial charge in [0.15, 0.2) is 0 Å². The number of hydrogen-bond donors (Lipinski definition) is 1. The van der Waals surface area contributed by atoms with Crippen molar-refractivity contribution in [3.63, 3.8) is 0 Å². The largest absolute Gasteiger partial charge is 0.438 e. The summed E-state index contributed by atoms with van der Waals surface area (Å²) in [5.74, 6) is 0.330. The molecule has 41 heavy (non-hydrogen) atoms. The number of rotatable bonds is 8. The molecular formula is C29H35N9O3. The Bertz CT molecular complexity index is 1520. The molecule has 1 saturated heterocycles.